The molecular formula is C16H27NO3. The van der Waals surface area contributed by atoms with Gasteiger partial charge >= 0.3 is 5.97 Å². The van der Waals surface area contributed by atoms with Crippen LogP contribution in [0.3, 0.4) is 0 Å². The number of hydrogen-bond acceptors (Lipinski definition) is 3. The number of carbonyl (C=O) groups is 1. The maximum absolute atomic E-state index is 10.9. The third kappa shape index (κ3) is 6.75. The Hall–Kier alpha value is -1.29. The maximum Gasteiger partial charge on any atom is 0.339 e. The van der Waals surface area contributed by atoms with Crippen molar-refractivity contribution in [2.45, 2.75) is 64.8 Å². The summed E-state index contributed by atoms with van der Waals surface area (Å²) in [5.41, 5.74) is 0.258. The first-order valence-electron chi connectivity index (χ1n) is 7.76. The lowest BCUT2D eigenvalue weighted by atomic mass is 10.1. The van der Waals surface area contributed by atoms with Crippen LogP contribution in [0.1, 0.15) is 74.4 Å². The van der Waals surface area contributed by atoms with Gasteiger partial charge in [0.25, 0.3) is 0 Å². The lowest BCUT2D eigenvalue weighted by Gasteiger charge is -2.04. The molecule has 1 aromatic rings. The van der Waals surface area contributed by atoms with E-state index in [0.717, 1.165) is 13.0 Å². The fraction of sp³-hybridized carbons (Fsp3) is 0.688. The molecule has 2 N–H and O–H groups in total. The molecule has 0 unspecified atom stereocenters. The van der Waals surface area contributed by atoms with Crippen LogP contribution < -0.4 is 5.32 Å². The van der Waals surface area contributed by atoms with Crippen LogP contribution in [0.5, 0.6) is 0 Å². The maximum atomic E-state index is 10.9. The minimum Gasteiger partial charge on any atom is -0.478 e. The van der Waals surface area contributed by atoms with Gasteiger partial charge in [-0.2, -0.15) is 0 Å². The van der Waals surface area contributed by atoms with Gasteiger partial charge in [0.1, 0.15) is 11.3 Å². The zero-order valence-electron chi connectivity index (χ0n) is 12.5. The van der Waals surface area contributed by atoms with Crippen molar-refractivity contribution in [1.29, 1.82) is 0 Å². The van der Waals surface area contributed by atoms with E-state index < -0.39 is 5.97 Å². The van der Waals surface area contributed by atoms with Crippen molar-refractivity contribution in [3.63, 3.8) is 0 Å². The molecule has 114 valence electrons. The summed E-state index contributed by atoms with van der Waals surface area (Å²) in [4.78, 5) is 10.9. The molecule has 20 heavy (non-hydrogen) atoms. The Morgan fingerprint density at radius 2 is 1.80 bits per heavy atom. The first kappa shape index (κ1) is 16.8. The van der Waals surface area contributed by atoms with Gasteiger partial charge in [0.2, 0.25) is 0 Å². The highest BCUT2D eigenvalue weighted by Crippen LogP contribution is 2.10. The van der Waals surface area contributed by atoms with E-state index in [4.69, 9.17) is 9.52 Å². The summed E-state index contributed by atoms with van der Waals surface area (Å²) in [6, 6.07) is 1.50. The Labute approximate surface area is 121 Å². The van der Waals surface area contributed by atoms with Crippen LogP contribution in [0.25, 0.3) is 0 Å². The molecule has 1 aromatic heterocycles. The molecule has 0 fully saturated rings. The van der Waals surface area contributed by atoms with Gasteiger partial charge in [0.05, 0.1) is 12.8 Å². The molecule has 4 heteroatoms. The van der Waals surface area contributed by atoms with E-state index >= 15 is 0 Å². The van der Waals surface area contributed by atoms with Crippen LogP contribution in [0.4, 0.5) is 0 Å². The van der Waals surface area contributed by atoms with E-state index in [1.807, 2.05) is 0 Å². The number of nitrogens with one attached hydrogen (secondary N) is 1. The van der Waals surface area contributed by atoms with Crippen LogP contribution in [-0.4, -0.2) is 17.6 Å². The summed E-state index contributed by atoms with van der Waals surface area (Å²) < 4.78 is 5.17. The molecule has 0 bridgehead atoms. The molecule has 0 saturated heterocycles. The van der Waals surface area contributed by atoms with Gasteiger partial charge in [-0.3, -0.25) is 0 Å². The SMILES string of the molecule is CCCCCCCCCCNCc1occc1C(=O)O. The number of carboxylic acids is 1. The van der Waals surface area contributed by atoms with Gasteiger partial charge in [-0.1, -0.05) is 51.9 Å². The van der Waals surface area contributed by atoms with Gasteiger partial charge in [-0.25, -0.2) is 4.79 Å². The Bertz CT molecular complexity index is 374. The highest BCUT2D eigenvalue weighted by molar-refractivity contribution is 5.88. The van der Waals surface area contributed by atoms with E-state index in [2.05, 4.69) is 12.2 Å². The van der Waals surface area contributed by atoms with Crippen molar-refractivity contribution in [3.8, 4) is 0 Å². The summed E-state index contributed by atoms with van der Waals surface area (Å²) in [5.74, 6) is -0.417. The largest absolute Gasteiger partial charge is 0.478 e. The Balaban J connectivity index is 1.97. The number of aromatic carboxylic acids is 1. The molecule has 4 nitrogen and oxygen atoms in total. The Morgan fingerprint density at radius 3 is 2.45 bits per heavy atom. The standard InChI is InChI=1S/C16H27NO3/c1-2-3-4-5-6-7-8-9-11-17-13-15-14(16(18)19)10-12-20-15/h10,12,17H,2-9,11,13H2,1H3,(H,18,19). The molecule has 0 aliphatic carbocycles. The second-order valence-corrected chi connectivity index (χ2v) is 5.21. The normalized spacial score (nSPS) is 10.8. The second-order valence-electron chi connectivity index (χ2n) is 5.21. The van der Waals surface area contributed by atoms with Crippen molar-refractivity contribution < 1.29 is 14.3 Å². The van der Waals surface area contributed by atoms with Crippen molar-refractivity contribution in [2.24, 2.45) is 0 Å². The summed E-state index contributed by atoms with van der Waals surface area (Å²) in [7, 11) is 0. The molecule has 0 amide bonds. The number of furan rings is 1. The van der Waals surface area contributed by atoms with E-state index in [9.17, 15) is 4.79 Å². The highest BCUT2D eigenvalue weighted by Gasteiger charge is 2.12. The molecule has 0 atom stereocenters. The molecule has 0 saturated carbocycles. The Kier molecular flexibility index (Phi) is 8.79. The zero-order chi connectivity index (χ0) is 14.6. The fourth-order valence-corrected chi connectivity index (χ4v) is 2.25. The first-order chi connectivity index (χ1) is 9.75. The van der Waals surface area contributed by atoms with E-state index in [1.54, 1.807) is 0 Å². The van der Waals surface area contributed by atoms with Gasteiger partial charge in [-0.05, 0) is 19.0 Å². The van der Waals surface area contributed by atoms with Crippen LogP contribution in [-0.2, 0) is 6.54 Å². The molecule has 1 rings (SSSR count). The smallest absolute Gasteiger partial charge is 0.339 e. The predicted octanol–water partition coefficient (Wildman–Crippen LogP) is 4.21. The highest BCUT2D eigenvalue weighted by atomic mass is 16.4. The van der Waals surface area contributed by atoms with Gasteiger partial charge < -0.3 is 14.8 Å². The molecule has 0 spiro atoms. The van der Waals surface area contributed by atoms with Crippen LogP contribution in [0.2, 0.25) is 0 Å². The number of hydrogen-bond donors (Lipinski definition) is 2. The summed E-state index contributed by atoms with van der Waals surface area (Å²) in [5, 5.41) is 12.2. The minimum absolute atomic E-state index is 0.258. The van der Waals surface area contributed by atoms with E-state index in [1.165, 1.54) is 57.3 Å². The summed E-state index contributed by atoms with van der Waals surface area (Å²) in [6.07, 6.45) is 11.8. The van der Waals surface area contributed by atoms with Crippen molar-refractivity contribution in [3.05, 3.63) is 23.7 Å². The van der Waals surface area contributed by atoms with E-state index in [0.29, 0.717) is 12.3 Å². The topological polar surface area (TPSA) is 62.5 Å². The third-order valence-corrected chi connectivity index (χ3v) is 3.47. The molecule has 1 heterocycles. The molecule has 0 radical (unpaired) electrons. The van der Waals surface area contributed by atoms with Crippen LogP contribution in [0, 0.1) is 0 Å². The lowest BCUT2D eigenvalue weighted by Crippen LogP contribution is -2.16. The van der Waals surface area contributed by atoms with Gasteiger partial charge in [0.15, 0.2) is 0 Å². The summed E-state index contributed by atoms with van der Waals surface area (Å²) in [6.45, 7) is 3.64. The monoisotopic (exact) mass is 281 g/mol. The fourth-order valence-electron chi connectivity index (χ4n) is 2.25. The van der Waals surface area contributed by atoms with E-state index in [-0.39, 0.29) is 5.56 Å². The van der Waals surface area contributed by atoms with Gasteiger partial charge in [-0.15, -0.1) is 0 Å². The zero-order valence-corrected chi connectivity index (χ0v) is 12.5. The lowest BCUT2D eigenvalue weighted by molar-refractivity contribution is 0.0694. The van der Waals surface area contributed by atoms with Crippen molar-refractivity contribution in [2.75, 3.05) is 6.54 Å². The quantitative estimate of drug-likeness (QED) is 0.563. The molecular weight excluding hydrogens is 254 g/mol. The number of unbranched alkanes of at least 4 members (excludes halogenated alkanes) is 7. The molecule has 0 aromatic carbocycles. The van der Waals surface area contributed by atoms with Crippen LogP contribution >= 0.6 is 0 Å². The Morgan fingerprint density at radius 1 is 1.15 bits per heavy atom. The molecule has 0 aliphatic rings. The average molecular weight is 281 g/mol. The minimum atomic E-state index is -0.928. The molecule has 0 aliphatic heterocycles. The average Bonchev–Trinajstić information content (AvgIpc) is 2.89. The number of rotatable bonds is 12. The van der Waals surface area contributed by atoms with Crippen LogP contribution in [0.15, 0.2) is 16.7 Å². The van der Waals surface area contributed by atoms with Crippen molar-refractivity contribution in [1.82, 2.24) is 5.32 Å². The number of carboxylic acid groups (broad SMARTS) is 1. The second kappa shape index (κ2) is 10.5. The first-order valence-corrected chi connectivity index (χ1v) is 7.76. The van der Waals surface area contributed by atoms with Crippen molar-refractivity contribution >= 4 is 5.97 Å². The third-order valence-electron chi connectivity index (χ3n) is 3.47. The van der Waals surface area contributed by atoms with Gasteiger partial charge in [0, 0.05) is 0 Å². The summed E-state index contributed by atoms with van der Waals surface area (Å²) >= 11 is 0. The predicted molar refractivity (Wildman–Crippen MR) is 80.0 cm³/mol.